The van der Waals surface area contributed by atoms with E-state index < -0.39 is 6.09 Å². The van der Waals surface area contributed by atoms with Gasteiger partial charge in [0.1, 0.15) is 5.00 Å². The zero-order valence-electron chi connectivity index (χ0n) is 10.3. The molecule has 98 valence electrons. The highest BCUT2D eigenvalue weighted by atomic mass is 32.1. The number of aromatic nitrogens is 1. The van der Waals surface area contributed by atoms with Gasteiger partial charge in [-0.15, -0.1) is 0 Å². The van der Waals surface area contributed by atoms with E-state index in [0.29, 0.717) is 11.8 Å². The number of carboxylic acid groups (broad SMARTS) is 1. The van der Waals surface area contributed by atoms with Gasteiger partial charge in [0, 0.05) is 19.1 Å². The second kappa shape index (κ2) is 4.42. The lowest BCUT2D eigenvalue weighted by atomic mass is 9.92. The van der Waals surface area contributed by atoms with Crippen molar-refractivity contribution in [3.05, 3.63) is 11.8 Å². The third-order valence-corrected chi connectivity index (χ3v) is 4.99. The first kappa shape index (κ1) is 11.8. The van der Waals surface area contributed by atoms with Gasteiger partial charge in [-0.2, -0.15) is 4.37 Å². The zero-order chi connectivity index (χ0) is 12.7. The van der Waals surface area contributed by atoms with Crippen LogP contribution in [0.3, 0.4) is 0 Å². The molecule has 0 radical (unpaired) electrons. The molecule has 1 aromatic rings. The molecule has 1 unspecified atom stereocenters. The topological polar surface area (TPSA) is 65.5 Å². The van der Waals surface area contributed by atoms with Crippen molar-refractivity contribution in [2.24, 2.45) is 11.8 Å². The number of carbonyl (C=O) groups is 1. The maximum Gasteiger partial charge on any atom is 0.404 e. The number of rotatable bonds is 2. The molecule has 3 rings (SSSR count). The third-order valence-electron chi connectivity index (χ3n) is 4.05. The predicted octanol–water partition coefficient (Wildman–Crippen LogP) is 1.93. The highest BCUT2D eigenvalue weighted by Gasteiger charge is 2.43. The van der Waals surface area contributed by atoms with Gasteiger partial charge in [0.25, 0.3) is 0 Å². The van der Waals surface area contributed by atoms with Gasteiger partial charge >= 0.3 is 6.09 Å². The Labute approximate surface area is 110 Å². The lowest BCUT2D eigenvalue weighted by Crippen LogP contribution is -2.52. The van der Waals surface area contributed by atoms with Gasteiger partial charge in [0.2, 0.25) is 0 Å². The normalized spacial score (nSPS) is 30.5. The molecule has 5 nitrogen and oxygen atoms in total. The number of fused-ring (bicyclic) bond motifs is 2. The van der Waals surface area contributed by atoms with Gasteiger partial charge in [0.15, 0.2) is 0 Å². The minimum atomic E-state index is -0.890. The van der Waals surface area contributed by atoms with Crippen LogP contribution in [0, 0.1) is 18.8 Å². The molecular formula is C12H17N3O2S. The van der Waals surface area contributed by atoms with E-state index in [0.717, 1.165) is 31.6 Å². The Hall–Kier alpha value is -1.30. The molecule has 2 bridgehead atoms. The fourth-order valence-electron chi connectivity index (χ4n) is 3.28. The quantitative estimate of drug-likeness (QED) is 0.859. The summed E-state index contributed by atoms with van der Waals surface area (Å²) < 4.78 is 4.32. The smallest absolute Gasteiger partial charge is 0.404 e. The Morgan fingerprint density at radius 3 is 2.67 bits per heavy atom. The van der Waals surface area contributed by atoms with E-state index in [-0.39, 0.29) is 6.04 Å². The lowest BCUT2D eigenvalue weighted by molar-refractivity contribution is 0.178. The highest BCUT2D eigenvalue weighted by Crippen LogP contribution is 2.39. The Kier molecular flexibility index (Phi) is 2.89. The van der Waals surface area contributed by atoms with Crippen LogP contribution in [0.2, 0.25) is 0 Å². The van der Waals surface area contributed by atoms with Gasteiger partial charge in [0.05, 0.1) is 5.69 Å². The summed E-state index contributed by atoms with van der Waals surface area (Å²) in [7, 11) is 0. The molecule has 2 heterocycles. The molecule has 0 spiro atoms. The summed E-state index contributed by atoms with van der Waals surface area (Å²) in [6, 6.07) is 2.27. The first-order valence-electron chi connectivity index (χ1n) is 6.31. The van der Waals surface area contributed by atoms with E-state index in [9.17, 15) is 4.79 Å². The fourth-order valence-corrected chi connectivity index (χ4v) is 4.06. The van der Waals surface area contributed by atoms with Gasteiger partial charge in [-0.05, 0) is 49.2 Å². The second-order valence-electron chi connectivity index (χ2n) is 5.28. The van der Waals surface area contributed by atoms with Crippen molar-refractivity contribution in [2.45, 2.75) is 25.8 Å². The molecule has 2 N–H and O–H groups in total. The maximum absolute atomic E-state index is 10.8. The van der Waals surface area contributed by atoms with Crippen molar-refractivity contribution < 1.29 is 9.90 Å². The molecule has 3 atom stereocenters. The van der Waals surface area contributed by atoms with Crippen LogP contribution in [0.4, 0.5) is 9.80 Å². The number of nitrogens with one attached hydrogen (secondary N) is 1. The predicted molar refractivity (Wildman–Crippen MR) is 70.2 cm³/mol. The van der Waals surface area contributed by atoms with E-state index in [1.807, 2.05) is 6.92 Å². The average Bonchev–Trinajstić information content (AvgIpc) is 2.81. The number of aryl methyl sites for hydroxylation is 1. The molecule has 1 saturated heterocycles. The number of piperidine rings is 1. The van der Waals surface area contributed by atoms with Crippen LogP contribution in [0.25, 0.3) is 0 Å². The van der Waals surface area contributed by atoms with E-state index in [1.165, 1.54) is 5.00 Å². The van der Waals surface area contributed by atoms with Crippen molar-refractivity contribution in [3.8, 4) is 0 Å². The number of anilines is 1. The fraction of sp³-hybridized carbons (Fsp3) is 0.667. The van der Waals surface area contributed by atoms with Crippen LogP contribution in [0.5, 0.6) is 0 Å². The summed E-state index contributed by atoms with van der Waals surface area (Å²) in [5.41, 5.74) is 1.06. The number of amides is 1. The van der Waals surface area contributed by atoms with E-state index in [1.54, 1.807) is 11.5 Å². The van der Waals surface area contributed by atoms with Gasteiger partial charge in [-0.3, -0.25) is 0 Å². The van der Waals surface area contributed by atoms with E-state index in [2.05, 4.69) is 20.7 Å². The molecular weight excluding hydrogens is 250 g/mol. The Bertz CT molecular complexity index is 448. The maximum atomic E-state index is 10.8. The monoisotopic (exact) mass is 267 g/mol. The zero-order valence-corrected chi connectivity index (χ0v) is 11.1. The van der Waals surface area contributed by atoms with E-state index >= 15 is 0 Å². The Morgan fingerprint density at radius 2 is 2.17 bits per heavy atom. The summed E-state index contributed by atoms with van der Waals surface area (Å²) in [4.78, 5) is 13.2. The van der Waals surface area contributed by atoms with E-state index in [4.69, 9.17) is 5.11 Å². The lowest BCUT2D eigenvalue weighted by Gasteiger charge is -2.38. The average molecular weight is 267 g/mol. The summed E-state index contributed by atoms with van der Waals surface area (Å²) in [5.74, 6) is 0.893. The molecule has 0 aromatic carbocycles. The molecule has 1 aliphatic heterocycles. The van der Waals surface area contributed by atoms with Gasteiger partial charge in [-0.25, -0.2) is 4.79 Å². The van der Waals surface area contributed by atoms with Gasteiger partial charge in [-0.1, -0.05) is 0 Å². The Morgan fingerprint density at radius 1 is 1.50 bits per heavy atom. The molecule has 1 saturated carbocycles. The minimum absolute atomic E-state index is 0.146. The molecule has 2 aliphatic rings. The summed E-state index contributed by atoms with van der Waals surface area (Å²) in [6.07, 6.45) is 1.37. The molecule has 1 aliphatic carbocycles. The molecule has 1 amide bonds. The number of nitrogens with zero attached hydrogens (tertiary/aromatic N) is 2. The number of hydrogen-bond donors (Lipinski definition) is 2. The molecule has 6 heteroatoms. The highest BCUT2D eigenvalue weighted by molar-refractivity contribution is 7.10. The molecule has 18 heavy (non-hydrogen) atoms. The van der Waals surface area contributed by atoms with Crippen LogP contribution in [-0.4, -0.2) is 34.7 Å². The van der Waals surface area contributed by atoms with Crippen LogP contribution in [0.1, 0.15) is 18.5 Å². The SMILES string of the molecule is Cc1cc(N2C[C@H]3CC[C@@H](C2)C3NC(=O)O)sn1. The van der Waals surface area contributed by atoms with Crippen molar-refractivity contribution in [1.29, 1.82) is 0 Å². The molecule has 1 aromatic heterocycles. The largest absolute Gasteiger partial charge is 0.465 e. The minimum Gasteiger partial charge on any atom is -0.465 e. The standard InChI is InChI=1S/C12H17N3O2S/c1-7-4-10(18-14-7)15-5-8-2-3-9(6-15)11(8)13-12(16)17/h4,8-9,11,13H,2-3,5-6H2,1H3,(H,16,17)/t8-,9+,11?. The van der Waals surface area contributed by atoms with Crippen molar-refractivity contribution in [3.63, 3.8) is 0 Å². The summed E-state index contributed by atoms with van der Waals surface area (Å²) in [6.45, 7) is 3.90. The first-order chi connectivity index (χ1) is 8.63. The van der Waals surface area contributed by atoms with Gasteiger partial charge < -0.3 is 15.3 Å². The van der Waals surface area contributed by atoms with Crippen LogP contribution >= 0.6 is 11.5 Å². The second-order valence-corrected chi connectivity index (χ2v) is 6.07. The summed E-state index contributed by atoms with van der Waals surface area (Å²) in [5, 5.41) is 12.8. The van der Waals surface area contributed by atoms with Crippen LogP contribution in [-0.2, 0) is 0 Å². The van der Waals surface area contributed by atoms with Crippen molar-refractivity contribution in [2.75, 3.05) is 18.0 Å². The van der Waals surface area contributed by atoms with Crippen LogP contribution in [0.15, 0.2) is 6.07 Å². The van der Waals surface area contributed by atoms with Crippen molar-refractivity contribution in [1.82, 2.24) is 9.69 Å². The third kappa shape index (κ3) is 2.05. The number of hydrogen-bond acceptors (Lipinski definition) is 4. The van der Waals surface area contributed by atoms with Crippen molar-refractivity contribution >= 4 is 22.6 Å². The summed E-state index contributed by atoms with van der Waals surface area (Å²) >= 11 is 1.54. The first-order valence-corrected chi connectivity index (χ1v) is 7.08. The van der Waals surface area contributed by atoms with Crippen LogP contribution < -0.4 is 10.2 Å². The Balaban J connectivity index is 1.73. The molecule has 2 fully saturated rings.